The molecule has 8 rings (SSSR count). The molecule has 0 bridgehead atoms. The smallest absolute Gasteiger partial charge is 0.126 e. The third-order valence-corrected chi connectivity index (χ3v) is 23.6. The van der Waals surface area contributed by atoms with E-state index in [0.717, 1.165) is 34.9 Å². The molecule has 8 aliphatic rings. The molecule has 0 aromatic rings. The summed E-state index contributed by atoms with van der Waals surface area (Å²) in [6, 6.07) is 0. The van der Waals surface area contributed by atoms with Crippen molar-refractivity contribution in [1.29, 1.82) is 0 Å². The van der Waals surface area contributed by atoms with E-state index in [9.17, 15) is 0 Å². The molecule has 0 nitrogen and oxygen atoms in total. The van der Waals surface area contributed by atoms with Crippen LogP contribution in [0, 0.1) is 110 Å². The van der Waals surface area contributed by atoms with E-state index >= 15 is 0 Å². The fourth-order valence-electron chi connectivity index (χ4n) is 15.6. The van der Waals surface area contributed by atoms with Crippen LogP contribution in [0.15, 0.2) is 48.4 Å². The van der Waals surface area contributed by atoms with E-state index in [1.807, 2.05) is 0 Å². The van der Waals surface area contributed by atoms with E-state index in [4.69, 9.17) is 0 Å². The van der Waals surface area contributed by atoms with Gasteiger partial charge >= 0.3 is 0 Å². The number of allylic oxidation sites excluding steroid dienone is 6. The minimum Gasteiger partial charge on any atom is -0.126 e. The summed E-state index contributed by atoms with van der Waals surface area (Å²) >= 11 is 0. The predicted octanol–water partition coefficient (Wildman–Crippen LogP) is 26.4. The highest BCUT2D eigenvalue weighted by Crippen LogP contribution is 2.56. The van der Waals surface area contributed by atoms with Crippen LogP contribution < -0.4 is 0 Å². The van der Waals surface area contributed by atoms with Crippen LogP contribution >= 0.6 is 0 Å². The topological polar surface area (TPSA) is 0 Å². The maximum absolute atomic E-state index is 2.50. The highest BCUT2D eigenvalue weighted by Gasteiger charge is 2.48. The zero-order chi connectivity index (χ0) is 80.1. The predicted molar refractivity (Wildman–Crippen MR) is 482 cm³/mol. The summed E-state index contributed by atoms with van der Waals surface area (Å²) in [7, 11) is 31.2. The first-order valence-electron chi connectivity index (χ1n) is 41.0. The Morgan fingerprint density at radius 3 is 0.535 bits per heavy atom. The fraction of sp³-hybridized carbons (Fsp3) is 0.909. The molecule has 0 saturated carbocycles. The third-order valence-electron chi connectivity index (χ3n) is 23.6. The van der Waals surface area contributed by atoms with Gasteiger partial charge < -0.3 is 0 Å². The van der Waals surface area contributed by atoms with Crippen molar-refractivity contribution in [3.05, 3.63) is 48.4 Å². The molecule has 4 saturated heterocycles. The molecule has 559 valence electrons. The number of rotatable bonds is 0. The van der Waals surface area contributed by atoms with Crippen molar-refractivity contribution in [1.82, 2.24) is 0 Å². The third kappa shape index (κ3) is 33.1. The molecule has 0 spiro atoms. The monoisotopic (exact) mass is 1370 g/mol. The second-order valence-electron chi connectivity index (χ2n) is 50.3. The van der Waals surface area contributed by atoms with E-state index in [0.29, 0.717) is 145 Å². The molecule has 4 fully saturated rings. The first kappa shape index (κ1) is 98.8. The molecule has 101 heavy (non-hydrogen) atoms. The van der Waals surface area contributed by atoms with Crippen LogP contribution in [0.4, 0.5) is 0 Å². The van der Waals surface area contributed by atoms with Crippen LogP contribution in [0.3, 0.4) is 0 Å². The minimum absolute atomic E-state index is 0.385. The summed E-state index contributed by atoms with van der Waals surface area (Å²) in [5.74, 6) is 13.1. The molecule has 0 amide bonds. The van der Waals surface area contributed by atoms with Gasteiger partial charge in [0.05, 0.1) is 64.9 Å². The standard InChI is InChI=1S/3C12H22B.C12H22.2C10H20B3.2C10H20B2/c2*1-11(2,3)9-7-8-13-10(9)12(4,5)6;1-11(2,3)9-7-8-10(13-9)12(4,5)6;1-11(2,3)9-7-8-10(9)12(4,5)6;1-9(2,3)7-11-8(13-12-7)10(4,5)6;1-9(2,3)7-8(10(4,5)6)12-13-11-7;1-9(2,3)7-11-8(12-7)10(4,5)6;1-9(2,3)7-8(12-11-7)10(4,5)6/h3*7-10H,1-6H3;7-10H,1-6H3;2*7-8H,1-6H3;2*7-8H,1-6H3. The average molecular weight is 1370 g/mol. The van der Waals surface area contributed by atoms with E-state index in [2.05, 4.69) is 475 Å². The zero-order valence-electron chi connectivity index (χ0n) is 77.4. The Bertz CT molecular complexity index is 2330. The van der Waals surface area contributed by atoms with Crippen LogP contribution in [0.25, 0.3) is 0 Å². The van der Waals surface area contributed by atoms with E-state index in [-0.39, 0.29) is 0 Å². The van der Waals surface area contributed by atoms with Gasteiger partial charge in [-0.2, -0.15) is 0 Å². The maximum Gasteiger partial charge on any atom is 0.145 e. The van der Waals surface area contributed by atoms with Crippen molar-refractivity contribution in [2.75, 3.05) is 0 Å². The largest absolute Gasteiger partial charge is 0.145 e. The van der Waals surface area contributed by atoms with Crippen molar-refractivity contribution in [2.24, 2.45) is 110 Å². The quantitative estimate of drug-likeness (QED) is 0.168. The Balaban J connectivity index is 0.000000577. The molecule has 7 aliphatic heterocycles. The van der Waals surface area contributed by atoms with Gasteiger partial charge in [0.1, 0.15) is 21.8 Å². The summed E-state index contributed by atoms with van der Waals surface area (Å²) < 4.78 is 0. The molecule has 14 unspecified atom stereocenters. The highest BCUT2D eigenvalue weighted by atomic mass is 14.5. The normalized spacial score (nSPS) is 29.5. The lowest BCUT2D eigenvalue weighted by atomic mass is 9.09. The van der Waals surface area contributed by atoms with Gasteiger partial charge in [0.2, 0.25) is 0 Å². The molecule has 14 atom stereocenters. The van der Waals surface area contributed by atoms with Gasteiger partial charge in [-0.25, -0.2) is 0 Å². The molecule has 13 radical (unpaired) electrons. The second-order valence-corrected chi connectivity index (χ2v) is 50.3. The van der Waals surface area contributed by atoms with Crippen molar-refractivity contribution in [2.45, 2.75) is 402 Å². The average Bonchev–Trinajstić information content (AvgIpc) is 1.78. The Morgan fingerprint density at radius 2 is 0.386 bits per heavy atom. The summed E-state index contributed by atoms with van der Waals surface area (Å²) in [6.45, 7) is 112. The van der Waals surface area contributed by atoms with E-state index in [1.165, 1.54) is 0 Å². The Hall–Kier alpha value is -0.196. The van der Waals surface area contributed by atoms with Crippen LogP contribution in [-0.4, -0.2) is 93.8 Å². The Labute approximate surface area is 649 Å². The highest BCUT2D eigenvalue weighted by molar-refractivity contribution is 7.33. The lowest BCUT2D eigenvalue weighted by molar-refractivity contribution is 0.118. The lowest BCUT2D eigenvalue weighted by Gasteiger charge is -2.51. The Morgan fingerprint density at radius 1 is 0.168 bits per heavy atom. The SMILES string of the molecule is CC(C)(C)C1C=CC1C(C)(C)C.CC(C)(C)C1[B]C(C(C)(C)C)C=C1.CC(C)(C)C1[B]C(C(C)(C)C)[B]1.CC(C)(C)C1[B]C=CC1C(C)(C)C.CC(C)(C)C1[B]C=CC1C(C)(C)C.CC(C)(C)C1[B][B]C(C(C)(C)C)[B]1.CC(C)(C)C1[B][B]C1C(C)(C)C.CC(C)(C)C1[B][B][B]C1C(C)(C)C. The van der Waals surface area contributed by atoms with Gasteiger partial charge in [0.25, 0.3) is 0 Å². The van der Waals surface area contributed by atoms with Crippen LogP contribution in [0.1, 0.15) is 332 Å². The minimum atomic E-state index is 0.385. The van der Waals surface area contributed by atoms with E-state index in [1.54, 1.807) is 0 Å². The van der Waals surface area contributed by atoms with Gasteiger partial charge in [-0.05, 0) is 122 Å². The molecule has 0 aromatic heterocycles. The molecule has 13 heteroatoms. The first-order valence-corrected chi connectivity index (χ1v) is 41.0. The van der Waals surface area contributed by atoms with Crippen molar-refractivity contribution >= 4 is 93.8 Å². The van der Waals surface area contributed by atoms with Crippen molar-refractivity contribution in [3.63, 3.8) is 0 Å². The molecule has 0 aromatic carbocycles. The van der Waals surface area contributed by atoms with Crippen molar-refractivity contribution < 1.29 is 0 Å². The van der Waals surface area contributed by atoms with Gasteiger partial charge in [-0.15, -0.1) is 12.0 Å². The van der Waals surface area contributed by atoms with E-state index < -0.39 is 0 Å². The van der Waals surface area contributed by atoms with Gasteiger partial charge in [-0.1, -0.05) is 427 Å². The van der Waals surface area contributed by atoms with Crippen molar-refractivity contribution in [3.8, 4) is 0 Å². The van der Waals surface area contributed by atoms with Gasteiger partial charge in [-0.3, -0.25) is 0 Å². The molecule has 0 N–H and O–H groups in total. The first-order chi connectivity index (χ1) is 44.3. The summed E-state index contributed by atoms with van der Waals surface area (Å²) in [6.07, 6.45) is 14.2. The molecular formula is C88H168B13. The molecule has 7 heterocycles. The summed E-state index contributed by atoms with van der Waals surface area (Å²) in [4.78, 5) is 0. The fourth-order valence-corrected chi connectivity index (χ4v) is 15.6. The van der Waals surface area contributed by atoms with Gasteiger partial charge in [0.15, 0.2) is 0 Å². The molecule has 1 aliphatic carbocycles. The number of hydrogen-bond donors (Lipinski definition) is 0. The van der Waals surface area contributed by atoms with Gasteiger partial charge in [0, 0.05) is 7.06 Å². The second kappa shape index (κ2) is 35.9. The maximum atomic E-state index is 2.50. The lowest BCUT2D eigenvalue weighted by Crippen LogP contribution is -2.46. The molecular weight excluding hydrogens is 1200 g/mol. The van der Waals surface area contributed by atoms with Crippen LogP contribution in [-0.2, 0) is 0 Å². The zero-order valence-corrected chi connectivity index (χ0v) is 77.4. The Kier molecular flexibility index (Phi) is 35.1. The summed E-state index contributed by atoms with van der Waals surface area (Å²) in [5.41, 5.74) is 9.24. The summed E-state index contributed by atoms with van der Waals surface area (Å²) in [5, 5.41) is 0. The van der Waals surface area contributed by atoms with Crippen LogP contribution in [0.2, 0.25) is 69.4 Å². The van der Waals surface area contributed by atoms with Crippen LogP contribution in [0.5, 0.6) is 0 Å². The number of hydrogen-bond acceptors (Lipinski definition) is 0.